The number of carbonyl (C=O) groups excluding carboxylic acids is 3. The largest absolute Gasteiger partial charge is 0.467 e. The minimum atomic E-state index is -0.739. The molecule has 0 spiro atoms. The van der Waals surface area contributed by atoms with Crippen molar-refractivity contribution in [3.05, 3.63) is 24.2 Å². The van der Waals surface area contributed by atoms with E-state index in [1.54, 1.807) is 17.0 Å². The molecule has 0 saturated carbocycles. The molecule has 1 aromatic rings. The number of likely N-dealkylation sites (tertiary alicyclic amines) is 1. The number of carbonyl (C=O) groups is 3. The molecule has 1 aliphatic rings. The van der Waals surface area contributed by atoms with Crippen LogP contribution in [0.4, 0.5) is 0 Å². The van der Waals surface area contributed by atoms with E-state index in [1.165, 1.54) is 13.2 Å². The number of nitrogens with two attached hydrogens (primary N) is 1. The highest BCUT2D eigenvalue weighted by Gasteiger charge is 2.35. The second-order valence-corrected chi connectivity index (χ2v) is 4.89. The molecule has 2 atom stereocenters. The van der Waals surface area contributed by atoms with Gasteiger partial charge in [-0.25, -0.2) is 0 Å². The maximum Gasteiger partial charge on any atom is 0.239 e. The summed E-state index contributed by atoms with van der Waals surface area (Å²) in [6, 6.07) is 2.78. The van der Waals surface area contributed by atoms with E-state index in [2.05, 4.69) is 5.32 Å². The standard InChI is InChI=1S/C13H17N3O4/c1-8(12(14)18)15-13(19)9-5-11(17)16(6-9)7-10-3-2-4-20-10/h2-4,8-9H,5-7H2,1H3,(H2,14,18)(H,15,19). The van der Waals surface area contributed by atoms with E-state index in [1.807, 2.05) is 0 Å². The Bertz CT molecular complexity index is 512. The smallest absolute Gasteiger partial charge is 0.239 e. The van der Waals surface area contributed by atoms with Gasteiger partial charge in [-0.2, -0.15) is 0 Å². The molecule has 0 aromatic carbocycles. The van der Waals surface area contributed by atoms with E-state index in [9.17, 15) is 14.4 Å². The summed E-state index contributed by atoms with van der Waals surface area (Å²) in [6.07, 6.45) is 1.67. The lowest BCUT2D eigenvalue weighted by molar-refractivity contribution is -0.130. The number of primary amides is 1. The maximum absolute atomic E-state index is 11.9. The number of hydrogen-bond acceptors (Lipinski definition) is 4. The van der Waals surface area contributed by atoms with E-state index in [-0.39, 0.29) is 18.2 Å². The van der Waals surface area contributed by atoms with Crippen LogP contribution in [-0.4, -0.2) is 35.2 Å². The molecule has 1 aromatic heterocycles. The van der Waals surface area contributed by atoms with Crippen molar-refractivity contribution in [1.29, 1.82) is 0 Å². The van der Waals surface area contributed by atoms with Gasteiger partial charge in [0.25, 0.3) is 0 Å². The molecule has 7 nitrogen and oxygen atoms in total. The van der Waals surface area contributed by atoms with Crippen molar-refractivity contribution in [2.24, 2.45) is 11.7 Å². The predicted octanol–water partition coefficient (Wildman–Crippen LogP) is -0.382. The van der Waals surface area contributed by atoms with Crippen molar-refractivity contribution in [1.82, 2.24) is 10.2 Å². The van der Waals surface area contributed by atoms with E-state index >= 15 is 0 Å². The zero-order valence-corrected chi connectivity index (χ0v) is 11.2. The number of nitrogens with zero attached hydrogens (tertiary/aromatic N) is 1. The maximum atomic E-state index is 11.9. The van der Waals surface area contributed by atoms with Gasteiger partial charge in [-0.15, -0.1) is 0 Å². The Morgan fingerprint density at radius 3 is 2.95 bits per heavy atom. The van der Waals surface area contributed by atoms with Gasteiger partial charge in [0.2, 0.25) is 17.7 Å². The average Bonchev–Trinajstić information content (AvgIpc) is 3.00. The predicted molar refractivity (Wildman–Crippen MR) is 69.0 cm³/mol. The Balaban J connectivity index is 1.91. The van der Waals surface area contributed by atoms with Crippen LogP contribution in [0.2, 0.25) is 0 Å². The van der Waals surface area contributed by atoms with Crippen LogP contribution in [0, 0.1) is 5.92 Å². The molecule has 3 amide bonds. The lowest BCUT2D eigenvalue weighted by Crippen LogP contribution is -2.45. The average molecular weight is 279 g/mol. The minimum absolute atomic E-state index is 0.103. The third-order valence-corrected chi connectivity index (χ3v) is 3.30. The van der Waals surface area contributed by atoms with Crippen molar-refractivity contribution in [3.8, 4) is 0 Å². The van der Waals surface area contributed by atoms with Gasteiger partial charge in [-0.1, -0.05) is 0 Å². The molecule has 0 aliphatic carbocycles. The summed E-state index contributed by atoms with van der Waals surface area (Å²) in [5, 5.41) is 2.51. The van der Waals surface area contributed by atoms with Crippen molar-refractivity contribution >= 4 is 17.7 Å². The highest BCUT2D eigenvalue weighted by Crippen LogP contribution is 2.20. The normalized spacial score (nSPS) is 19.9. The minimum Gasteiger partial charge on any atom is -0.467 e. The summed E-state index contributed by atoms with van der Waals surface area (Å²) in [5.41, 5.74) is 5.08. The molecule has 2 unspecified atom stereocenters. The van der Waals surface area contributed by atoms with Crippen LogP contribution < -0.4 is 11.1 Å². The third-order valence-electron chi connectivity index (χ3n) is 3.30. The Kier molecular flexibility index (Phi) is 4.07. The zero-order valence-electron chi connectivity index (χ0n) is 11.2. The molecule has 1 aliphatic heterocycles. The Hall–Kier alpha value is -2.31. The molecule has 2 rings (SSSR count). The SMILES string of the molecule is CC(NC(=O)C1CC(=O)N(Cc2ccco2)C1)C(N)=O. The lowest BCUT2D eigenvalue weighted by Gasteiger charge is -2.16. The second kappa shape index (κ2) is 5.77. The van der Waals surface area contributed by atoms with E-state index in [4.69, 9.17) is 10.2 Å². The lowest BCUT2D eigenvalue weighted by atomic mass is 10.1. The summed E-state index contributed by atoms with van der Waals surface area (Å²) in [6.45, 7) is 2.18. The highest BCUT2D eigenvalue weighted by atomic mass is 16.3. The van der Waals surface area contributed by atoms with Gasteiger partial charge < -0.3 is 20.4 Å². The van der Waals surface area contributed by atoms with Crippen LogP contribution in [0.5, 0.6) is 0 Å². The molecular formula is C13H17N3O4. The summed E-state index contributed by atoms with van der Waals surface area (Å²) >= 11 is 0. The van der Waals surface area contributed by atoms with Gasteiger partial charge >= 0.3 is 0 Å². The molecule has 0 radical (unpaired) electrons. The summed E-state index contributed by atoms with van der Waals surface area (Å²) in [7, 11) is 0. The van der Waals surface area contributed by atoms with Crippen LogP contribution in [0.25, 0.3) is 0 Å². The molecular weight excluding hydrogens is 262 g/mol. The van der Waals surface area contributed by atoms with Crippen LogP contribution in [0.15, 0.2) is 22.8 Å². The van der Waals surface area contributed by atoms with Crippen molar-refractivity contribution < 1.29 is 18.8 Å². The van der Waals surface area contributed by atoms with Crippen molar-refractivity contribution in [2.45, 2.75) is 25.9 Å². The number of amides is 3. The zero-order chi connectivity index (χ0) is 14.7. The molecule has 20 heavy (non-hydrogen) atoms. The second-order valence-electron chi connectivity index (χ2n) is 4.89. The molecule has 7 heteroatoms. The molecule has 1 saturated heterocycles. The van der Waals surface area contributed by atoms with Crippen molar-refractivity contribution in [2.75, 3.05) is 6.54 Å². The van der Waals surface area contributed by atoms with Crippen LogP contribution in [0.3, 0.4) is 0 Å². The fraction of sp³-hybridized carbons (Fsp3) is 0.462. The van der Waals surface area contributed by atoms with Gasteiger partial charge in [0, 0.05) is 13.0 Å². The van der Waals surface area contributed by atoms with Gasteiger partial charge in [-0.05, 0) is 19.1 Å². The van der Waals surface area contributed by atoms with Crippen LogP contribution >= 0.6 is 0 Å². The number of nitrogens with one attached hydrogen (secondary N) is 1. The highest BCUT2D eigenvalue weighted by molar-refractivity contribution is 5.92. The van der Waals surface area contributed by atoms with E-state index in [0.29, 0.717) is 18.8 Å². The topological polar surface area (TPSA) is 106 Å². The van der Waals surface area contributed by atoms with Gasteiger partial charge in [0.15, 0.2) is 0 Å². The molecule has 1 fully saturated rings. The molecule has 0 bridgehead atoms. The fourth-order valence-electron chi connectivity index (χ4n) is 2.09. The third kappa shape index (κ3) is 3.17. The van der Waals surface area contributed by atoms with Gasteiger partial charge in [0.1, 0.15) is 11.8 Å². The number of hydrogen-bond donors (Lipinski definition) is 2. The summed E-state index contributed by atoms with van der Waals surface area (Å²) < 4.78 is 5.18. The first-order valence-electron chi connectivity index (χ1n) is 6.37. The monoisotopic (exact) mass is 279 g/mol. The fourth-order valence-corrected chi connectivity index (χ4v) is 2.09. The van der Waals surface area contributed by atoms with Crippen LogP contribution in [-0.2, 0) is 20.9 Å². The molecule has 2 heterocycles. The van der Waals surface area contributed by atoms with E-state index < -0.39 is 17.9 Å². The molecule has 3 N–H and O–H groups in total. The first-order valence-corrected chi connectivity index (χ1v) is 6.37. The van der Waals surface area contributed by atoms with Crippen LogP contribution in [0.1, 0.15) is 19.1 Å². The quantitative estimate of drug-likeness (QED) is 0.766. The first kappa shape index (κ1) is 14.1. The first-order chi connectivity index (χ1) is 9.47. The van der Waals surface area contributed by atoms with E-state index in [0.717, 1.165) is 0 Å². The van der Waals surface area contributed by atoms with Crippen molar-refractivity contribution in [3.63, 3.8) is 0 Å². The molecule has 108 valence electrons. The summed E-state index contributed by atoms with van der Waals surface area (Å²) in [4.78, 5) is 36.3. The Morgan fingerprint density at radius 1 is 1.60 bits per heavy atom. The number of rotatable bonds is 5. The number of furan rings is 1. The Morgan fingerprint density at radius 2 is 2.35 bits per heavy atom. The Labute approximate surface area is 116 Å². The summed E-state index contributed by atoms with van der Waals surface area (Å²) in [5.74, 6) is -0.820. The van der Waals surface area contributed by atoms with Gasteiger partial charge in [-0.3, -0.25) is 14.4 Å². The van der Waals surface area contributed by atoms with Gasteiger partial charge in [0.05, 0.1) is 18.7 Å².